The monoisotopic (exact) mass is 570 g/mol. The number of esters is 2. The lowest BCUT2D eigenvalue weighted by Crippen LogP contribution is -2.39. The number of carbonyl (C=O) groups is 2. The Bertz CT molecular complexity index is 1520. The van der Waals surface area contributed by atoms with Gasteiger partial charge in [0.2, 0.25) is 0 Å². The van der Waals surface area contributed by atoms with Crippen LogP contribution in [0.3, 0.4) is 0 Å². The van der Waals surface area contributed by atoms with Gasteiger partial charge in [-0.2, -0.15) is 0 Å². The van der Waals surface area contributed by atoms with Gasteiger partial charge in [0.1, 0.15) is 5.75 Å². The van der Waals surface area contributed by atoms with Gasteiger partial charge in [-0.1, -0.05) is 57.6 Å². The van der Waals surface area contributed by atoms with Crippen LogP contribution in [0.2, 0.25) is 0 Å². The Morgan fingerprint density at radius 1 is 1.19 bits per heavy atom. The number of carbonyl (C=O) groups excluding carboxylic acids is 2. The van der Waals surface area contributed by atoms with Gasteiger partial charge < -0.3 is 14.2 Å². The number of fused-ring (bicyclic) bond motifs is 1. The molecule has 0 aliphatic carbocycles. The van der Waals surface area contributed by atoms with Crippen LogP contribution >= 0.6 is 27.3 Å². The van der Waals surface area contributed by atoms with Gasteiger partial charge in [0, 0.05) is 10.0 Å². The van der Waals surface area contributed by atoms with Crippen molar-refractivity contribution in [1.82, 2.24) is 4.57 Å². The van der Waals surface area contributed by atoms with Crippen LogP contribution in [-0.4, -0.2) is 36.8 Å². The second-order valence-corrected chi connectivity index (χ2v) is 9.68. The Hall–Kier alpha value is -3.50. The van der Waals surface area contributed by atoms with E-state index in [0.717, 1.165) is 10.0 Å². The van der Waals surface area contributed by atoms with Crippen LogP contribution in [0.1, 0.15) is 31.0 Å². The summed E-state index contributed by atoms with van der Waals surface area (Å²) >= 11 is 4.65. The number of allylic oxidation sites excluding steroid dienone is 1. The van der Waals surface area contributed by atoms with Gasteiger partial charge in [-0.05, 0) is 43.7 Å². The molecule has 1 aliphatic heterocycles. The van der Waals surface area contributed by atoms with E-state index in [1.54, 1.807) is 38.1 Å². The number of benzene rings is 2. The topological polar surface area (TPSA) is 96.2 Å². The molecule has 0 radical (unpaired) electrons. The van der Waals surface area contributed by atoms with Crippen LogP contribution in [-0.2, 0) is 19.1 Å². The molecule has 2 aromatic carbocycles. The number of hydrogen-bond donors (Lipinski definition) is 0. The predicted octanol–water partition coefficient (Wildman–Crippen LogP) is 3.11. The second-order valence-electron chi connectivity index (χ2n) is 7.76. The summed E-state index contributed by atoms with van der Waals surface area (Å²) in [6.07, 6.45) is 1.69. The van der Waals surface area contributed by atoms with Crippen molar-refractivity contribution in [1.29, 1.82) is 0 Å². The van der Waals surface area contributed by atoms with Gasteiger partial charge in [-0.25, -0.2) is 14.6 Å². The SMILES string of the molecule is CCOC(=O)COc1ccc(Br)cc1C=c1sc2n(c1=O)C(c1ccccc1)C(C(=O)OC)=C(C)N=2. The molecule has 1 aromatic heterocycles. The van der Waals surface area contributed by atoms with Crippen molar-refractivity contribution >= 4 is 45.3 Å². The first-order valence-electron chi connectivity index (χ1n) is 11.1. The van der Waals surface area contributed by atoms with Crippen molar-refractivity contribution in [3.63, 3.8) is 0 Å². The average molecular weight is 571 g/mol. The van der Waals surface area contributed by atoms with E-state index in [-0.39, 0.29) is 18.8 Å². The molecule has 0 bridgehead atoms. The predicted molar refractivity (Wildman–Crippen MR) is 138 cm³/mol. The maximum atomic E-state index is 13.7. The number of rotatable bonds is 7. The Morgan fingerprint density at radius 2 is 1.94 bits per heavy atom. The number of ether oxygens (including phenoxy) is 3. The lowest BCUT2D eigenvalue weighted by Gasteiger charge is -2.24. The lowest BCUT2D eigenvalue weighted by molar-refractivity contribution is -0.145. The average Bonchev–Trinajstić information content (AvgIpc) is 3.17. The first-order valence-corrected chi connectivity index (χ1v) is 12.7. The largest absolute Gasteiger partial charge is 0.481 e. The van der Waals surface area contributed by atoms with E-state index in [0.29, 0.717) is 31.9 Å². The summed E-state index contributed by atoms with van der Waals surface area (Å²) in [4.78, 5) is 43.2. The highest BCUT2D eigenvalue weighted by atomic mass is 79.9. The van der Waals surface area contributed by atoms with Crippen LogP contribution < -0.4 is 19.6 Å². The zero-order chi connectivity index (χ0) is 25.8. The van der Waals surface area contributed by atoms with Crippen molar-refractivity contribution in [2.75, 3.05) is 20.3 Å². The van der Waals surface area contributed by atoms with Gasteiger partial charge in [-0.3, -0.25) is 9.36 Å². The Morgan fingerprint density at radius 3 is 2.64 bits per heavy atom. The maximum absolute atomic E-state index is 13.7. The molecule has 2 heterocycles. The van der Waals surface area contributed by atoms with E-state index in [4.69, 9.17) is 14.2 Å². The highest BCUT2D eigenvalue weighted by Gasteiger charge is 2.32. The molecule has 0 saturated heterocycles. The molecule has 0 saturated carbocycles. The molecule has 1 unspecified atom stereocenters. The van der Waals surface area contributed by atoms with Gasteiger partial charge in [0.15, 0.2) is 11.4 Å². The fourth-order valence-electron chi connectivity index (χ4n) is 3.89. The molecule has 3 aromatic rings. The third-order valence-corrected chi connectivity index (χ3v) is 6.93. The Balaban J connectivity index is 1.86. The molecule has 0 N–H and O–H groups in total. The molecule has 8 nitrogen and oxygen atoms in total. The second kappa shape index (κ2) is 11.0. The van der Waals surface area contributed by atoms with Gasteiger partial charge >= 0.3 is 11.9 Å². The van der Waals surface area contributed by atoms with E-state index >= 15 is 0 Å². The van der Waals surface area contributed by atoms with Crippen LogP contribution in [0.4, 0.5) is 0 Å². The number of hydrogen-bond acceptors (Lipinski definition) is 8. The zero-order valence-electron chi connectivity index (χ0n) is 19.8. The number of halogens is 1. The van der Waals surface area contributed by atoms with E-state index in [1.165, 1.54) is 23.0 Å². The molecule has 1 aliphatic rings. The minimum absolute atomic E-state index is 0.256. The van der Waals surface area contributed by atoms with Crippen LogP contribution in [0, 0.1) is 0 Å². The first-order chi connectivity index (χ1) is 17.3. The van der Waals surface area contributed by atoms with Crippen molar-refractivity contribution < 1.29 is 23.8 Å². The third-order valence-electron chi connectivity index (χ3n) is 5.45. The maximum Gasteiger partial charge on any atom is 0.344 e. The van der Waals surface area contributed by atoms with Crippen molar-refractivity contribution in [3.8, 4) is 5.75 Å². The zero-order valence-corrected chi connectivity index (χ0v) is 22.2. The number of methoxy groups -OCH3 is 1. The van der Waals surface area contributed by atoms with Gasteiger partial charge in [0.05, 0.1) is 35.6 Å². The third kappa shape index (κ3) is 5.19. The molecule has 0 fully saturated rings. The Kier molecular flexibility index (Phi) is 7.85. The molecule has 0 amide bonds. The van der Waals surface area contributed by atoms with Crippen LogP contribution in [0.25, 0.3) is 6.08 Å². The minimum Gasteiger partial charge on any atom is -0.481 e. The van der Waals surface area contributed by atoms with E-state index in [1.807, 2.05) is 30.3 Å². The first kappa shape index (κ1) is 25.6. The van der Waals surface area contributed by atoms with Crippen molar-refractivity contribution in [3.05, 3.63) is 95.1 Å². The minimum atomic E-state index is -0.681. The van der Waals surface area contributed by atoms with Gasteiger partial charge in [0.25, 0.3) is 5.56 Å². The molecule has 0 spiro atoms. The quantitative estimate of drug-likeness (QED) is 0.405. The van der Waals surface area contributed by atoms with Crippen LogP contribution in [0.15, 0.2) is 74.1 Å². The molecule has 36 heavy (non-hydrogen) atoms. The molecule has 10 heteroatoms. The number of thiazole rings is 1. The normalized spacial score (nSPS) is 15.2. The summed E-state index contributed by atoms with van der Waals surface area (Å²) in [6.45, 7) is 3.45. The van der Waals surface area contributed by atoms with Gasteiger partial charge in [-0.15, -0.1) is 0 Å². The molecule has 4 rings (SSSR count). The van der Waals surface area contributed by atoms with E-state index in [2.05, 4.69) is 20.9 Å². The molecule has 1 atom stereocenters. The molecular formula is C26H23BrN2O6S. The Labute approximate surface area is 219 Å². The van der Waals surface area contributed by atoms with Crippen LogP contribution in [0.5, 0.6) is 5.75 Å². The fourth-order valence-corrected chi connectivity index (χ4v) is 5.30. The standard InChI is InChI=1S/C26H23BrN2O6S/c1-4-34-21(30)14-35-19-11-10-18(27)12-17(19)13-20-24(31)29-23(16-8-6-5-7-9-16)22(25(32)33-3)15(2)28-26(29)36-20/h5-13,23H,4,14H2,1-3H3. The van der Waals surface area contributed by atoms with Crippen molar-refractivity contribution in [2.24, 2.45) is 4.99 Å². The lowest BCUT2D eigenvalue weighted by atomic mass is 9.96. The summed E-state index contributed by atoms with van der Waals surface area (Å²) in [7, 11) is 1.31. The highest BCUT2D eigenvalue weighted by Crippen LogP contribution is 2.30. The highest BCUT2D eigenvalue weighted by molar-refractivity contribution is 9.10. The fraction of sp³-hybridized carbons (Fsp3) is 0.231. The van der Waals surface area contributed by atoms with Crippen molar-refractivity contribution in [2.45, 2.75) is 19.9 Å². The summed E-state index contributed by atoms with van der Waals surface area (Å²) in [5, 5.41) is 0. The number of nitrogens with zero attached hydrogens (tertiary/aromatic N) is 2. The molecule has 186 valence electrons. The van der Waals surface area contributed by atoms with E-state index < -0.39 is 18.0 Å². The summed E-state index contributed by atoms with van der Waals surface area (Å²) in [6, 6.07) is 13.9. The number of aromatic nitrogens is 1. The molecular weight excluding hydrogens is 548 g/mol. The summed E-state index contributed by atoms with van der Waals surface area (Å²) in [5.74, 6) is -0.608. The summed E-state index contributed by atoms with van der Waals surface area (Å²) < 4.78 is 18.3. The summed E-state index contributed by atoms with van der Waals surface area (Å²) in [5.41, 5.74) is 1.85. The van der Waals surface area contributed by atoms with E-state index in [9.17, 15) is 14.4 Å². The smallest absolute Gasteiger partial charge is 0.344 e.